The summed E-state index contributed by atoms with van der Waals surface area (Å²) in [6, 6.07) is 26.4. The molecule has 0 bridgehead atoms. The molecular weight excluding hydrogens is 1970 g/mol. The van der Waals surface area contributed by atoms with Crippen molar-refractivity contribution in [1.82, 2.24) is 112 Å². The number of aliphatic hydroxyl groups excluding tert-OH is 5. The topological polar surface area (TPSA) is 619 Å². The Labute approximate surface area is 747 Å². The van der Waals surface area contributed by atoms with Crippen LogP contribution >= 0.6 is 22.3 Å². The number of fused-ring (bicyclic) bond motifs is 6. The van der Waals surface area contributed by atoms with Crippen molar-refractivity contribution >= 4 is 293 Å². The van der Waals surface area contributed by atoms with E-state index in [2.05, 4.69) is 140 Å². The number of nitrogens with two attached hydrogens (primary N) is 3. The summed E-state index contributed by atoms with van der Waals surface area (Å²) < 4.78 is 50.1. The number of nitriles is 2. The quantitative estimate of drug-likeness (QED) is 0.0459. The third-order valence-electron chi connectivity index (χ3n) is 16.1. The SMILES string of the molecule is C#CC#CC.CC#N.CC#N.N.NS(=O)(=O)Cl.NS(=O)(=O)OCC1CC(n2nnc3c(Nc4n[nH]c5ccccc45)ncnc32)CC1O.Nc1n[nH]c2ccccc12.OCC1CC(n2nnc3c(Cl)ncnc32)CC1O.OCC1CC(n2nnc3c(Nc4n[nH]c5ccccc45)ncnc32)CC1O.S=S=S=S=S=S=S=S=S=S=S=S=S=S=S=S=S.[HH]. The van der Waals surface area contributed by atoms with Crippen LogP contribution in [0.25, 0.3) is 66.2 Å². The third kappa shape index (κ3) is 32.2. The van der Waals surface area contributed by atoms with Crippen molar-refractivity contribution < 1.29 is 48.0 Å². The van der Waals surface area contributed by atoms with Crippen LogP contribution in [0.5, 0.6) is 0 Å². The van der Waals surface area contributed by atoms with E-state index in [1.807, 2.05) is 72.8 Å². The zero-order chi connectivity index (χ0) is 86.3. The summed E-state index contributed by atoms with van der Waals surface area (Å²) in [4.78, 5) is 25.2. The molecule has 60 heteroatoms. The van der Waals surface area contributed by atoms with Crippen molar-refractivity contribution in [2.24, 2.45) is 28.0 Å². The van der Waals surface area contributed by atoms with Crippen LogP contribution in [-0.2, 0) is 179 Å². The number of terminal acetylenes is 1. The van der Waals surface area contributed by atoms with Gasteiger partial charge in [-0.15, -0.1) is 21.7 Å². The van der Waals surface area contributed by atoms with Gasteiger partial charge in [0.2, 0.25) is 0 Å². The van der Waals surface area contributed by atoms with Crippen LogP contribution < -0.4 is 32.8 Å². The van der Waals surface area contributed by atoms with E-state index in [1.165, 1.54) is 50.6 Å². The minimum absolute atomic E-state index is 0. The minimum atomic E-state index is -4.07. The molecule has 3 aliphatic rings. The number of aliphatic hydroxyl groups is 5. The van der Waals surface area contributed by atoms with Crippen LogP contribution in [0.1, 0.15) is 78.8 Å². The number of aromatic amines is 3. The molecule has 9 heterocycles. The fraction of sp³-hybridized carbons (Fsp3) is 0.350. The Morgan fingerprint density at radius 2 is 0.883 bits per heavy atom. The molecule has 12 aromatic rings. The number of benzene rings is 3. The predicted molar refractivity (Wildman–Crippen MR) is 506 cm³/mol. The number of hydrogen-bond acceptors (Lipinski definition) is 33. The highest BCUT2D eigenvalue weighted by Crippen LogP contribution is 2.39. The maximum Gasteiger partial charge on any atom is 0.333 e. The van der Waals surface area contributed by atoms with E-state index < -0.39 is 43.8 Å². The second-order valence-electron chi connectivity index (χ2n) is 23.3. The Bertz CT molecular complexity index is 6580. The van der Waals surface area contributed by atoms with E-state index in [0.29, 0.717) is 101 Å². The molecule has 3 aromatic carbocycles. The number of anilines is 5. The monoisotopic (exact) mass is 2040 g/mol. The second-order valence-corrected chi connectivity index (χ2v) is 53.7. The Balaban J connectivity index is 0.000000264. The van der Waals surface area contributed by atoms with Crippen LogP contribution in [0.3, 0.4) is 0 Å². The second kappa shape index (κ2) is 53.8. The van der Waals surface area contributed by atoms with E-state index in [-0.39, 0.29) is 62.5 Å². The van der Waals surface area contributed by atoms with Gasteiger partial charge in [-0.25, -0.2) is 54.2 Å². The first-order valence-corrected chi connectivity index (χ1v) is 58.7. The van der Waals surface area contributed by atoms with Crippen molar-refractivity contribution in [3.8, 4) is 36.3 Å². The number of nitrogen functional groups attached to an aromatic ring is 1. The Morgan fingerprint density at radius 3 is 1.23 bits per heavy atom. The highest BCUT2D eigenvalue weighted by atomic mass is 35.7. The summed E-state index contributed by atoms with van der Waals surface area (Å²) in [6.07, 6.45) is 10.2. The first-order valence-electron chi connectivity index (χ1n) is 33.2. The highest BCUT2D eigenvalue weighted by Gasteiger charge is 2.39. The van der Waals surface area contributed by atoms with Gasteiger partial charge in [-0.05, 0) is 93.7 Å². The van der Waals surface area contributed by atoms with Crippen LogP contribution in [0.2, 0.25) is 5.15 Å². The molecule has 9 aromatic heterocycles. The van der Waals surface area contributed by atoms with Gasteiger partial charge in [-0.3, -0.25) is 19.5 Å². The van der Waals surface area contributed by atoms with Gasteiger partial charge >= 0.3 is 10.3 Å². The maximum atomic E-state index is 11.0. The van der Waals surface area contributed by atoms with Gasteiger partial charge in [-0.2, -0.15) is 42.7 Å². The summed E-state index contributed by atoms with van der Waals surface area (Å²) in [5.41, 5.74) is 11.4. The van der Waals surface area contributed by atoms with Crippen molar-refractivity contribution in [2.45, 2.75) is 95.7 Å². The van der Waals surface area contributed by atoms with E-state index in [1.54, 1.807) is 149 Å². The van der Waals surface area contributed by atoms with Crippen LogP contribution in [0, 0.1) is 64.6 Å². The Kier molecular flexibility index (Phi) is 45.6. The predicted octanol–water partition coefficient (Wildman–Crippen LogP) is 4.34. The van der Waals surface area contributed by atoms with Gasteiger partial charge in [0.05, 0.1) is 71.7 Å². The Morgan fingerprint density at radius 1 is 0.550 bits per heavy atom. The number of hydrogen-bond donors (Lipinski definition) is 14. The molecule has 9 unspecified atom stereocenters. The van der Waals surface area contributed by atoms with Crippen LogP contribution in [0.15, 0.2) is 91.8 Å². The summed E-state index contributed by atoms with van der Waals surface area (Å²) in [7, 11) is 21.9. The summed E-state index contributed by atoms with van der Waals surface area (Å²) in [5, 5.41) is 128. The molecule has 3 aliphatic carbocycles. The average Bonchev–Trinajstić information content (AvgIpc) is 1.62. The highest BCUT2D eigenvalue weighted by molar-refractivity contribution is 8.77. The zero-order valence-corrected chi connectivity index (χ0v) is 79.0. The fourth-order valence-corrected chi connectivity index (χ4v) is 47.5. The summed E-state index contributed by atoms with van der Waals surface area (Å²) in [5.74, 6) is 9.18. The van der Waals surface area contributed by atoms with Gasteiger partial charge in [0, 0.05) is 229 Å². The van der Waals surface area contributed by atoms with E-state index >= 15 is 0 Å². The summed E-state index contributed by atoms with van der Waals surface area (Å²) >= 11 is 15.4. The largest absolute Gasteiger partial charge is 0.396 e. The lowest BCUT2D eigenvalue weighted by Gasteiger charge is -2.12. The lowest BCUT2D eigenvalue weighted by molar-refractivity contribution is 0.0901. The number of halogens is 2. The number of nitrogens with zero attached hydrogens (tertiary/aromatic N) is 20. The van der Waals surface area contributed by atoms with Crippen molar-refractivity contribution in [3.63, 3.8) is 0 Å². The van der Waals surface area contributed by atoms with Crippen molar-refractivity contribution in [3.05, 3.63) is 96.9 Å². The van der Waals surface area contributed by atoms with E-state index in [4.69, 9.17) is 66.9 Å². The van der Waals surface area contributed by atoms with E-state index in [9.17, 15) is 37.3 Å². The molecule has 39 nitrogen and oxygen atoms in total. The Hall–Kier alpha value is -7.13. The first-order chi connectivity index (χ1) is 57.4. The van der Waals surface area contributed by atoms with Gasteiger partial charge < -0.3 is 48.1 Å². The fourth-order valence-electron chi connectivity index (χ4n) is 11.3. The van der Waals surface area contributed by atoms with Crippen molar-refractivity contribution in [1.29, 1.82) is 10.5 Å². The molecule has 0 spiro atoms. The first kappa shape index (κ1) is 102. The van der Waals surface area contributed by atoms with Gasteiger partial charge in [0.1, 0.15) is 19.0 Å². The summed E-state index contributed by atoms with van der Waals surface area (Å²) in [6.45, 7) is 4.30. The average molecular weight is 2040 g/mol. The molecule has 15 rings (SSSR count). The molecule has 0 amide bonds. The van der Waals surface area contributed by atoms with E-state index in [0.717, 1.165) is 32.7 Å². The lowest BCUT2D eigenvalue weighted by atomic mass is 10.1. The molecule has 3 saturated carbocycles. The molecule has 120 heavy (non-hydrogen) atoms. The van der Waals surface area contributed by atoms with Crippen molar-refractivity contribution in [2.75, 3.05) is 36.2 Å². The molecule has 646 valence electrons. The molecular formula is C60H73Cl2N29O10S19. The smallest absolute Gasteiger partial charge is 0.333 e. The standard InChI is InChI=1S/C17H19N9O4S.C17H18N8O2.C10H12ClN5O2.C7H7N3.C5H4.2C2H3N.ClH2NO2S.H3N.S17.H2/c18-31(28,29)30-7-9-5-10(6-13(9)27)26-17-14(23-25-26)16(19-8-20-17)21-15-11-3-1-2-4-12(11)22-24-15;26-7-9-5-10(6-13(9)27)25-17-14(22-24-25)16(18-8-19-17)20-15-11-3-1-2-4-12(11)21-23-15;11-9-8-10(13-4-12-9)16(15-14-8)6-1-5(3-17)7(18)2-6;8-7-5-3-1-2-4-6(5)9-10-7;1-3-5-4-2;2*1-2-3;1-5(2,3)4;;1-3-5-7-9-11-13-15-17-16-14-12-10-8-6-4-2;/h1-4,8-10,13,27H,5-7H2,(H2,18,28,29)(H2,19,20,21,22,24);1-4,8-10,13,26-27H,5-7H2,(H2,18,19,20,21,23);4-7,17-18H,1-3H2;1-4H,(H3,8,9,10);1H,2H3;2*1H3;(H2,2,3,4);1H3;;1H. The molecule has 19 N–H and O–H groups in total. The zero-order valence-electron chi connectivity index (χ0n) is 62.0. The van der Waals surface area contributed by atoms with Crippen LogP contribution in [0.4, 0.5) is 29.1 Å². The number of aromatic nitrogens is 21. The minimum Gasteiger partial charge on any atom is -0.396 e. The number of rotatable bonds is 12. The van der Waals surface area contributed by atoms with Crippen LogP contribution in [-0.4, -0.2) is 186 Å². The molecule has 0 saturated heterocycles. The normalized spacial score (nSPS) is 17.6. The molecule has 0 radical (unpaired) electrons. The number of nitrogens with one attached hydrogen (secondary N) is 5. The van der Waals surface area contributed by atoms with Gasteiger partial charge in [0.15, 0.2) is 67.7 Å². The van der Waals surface area contributed by atoms with Gasteiger partial charge in [0.25, 0.3) is 9.24 Å². The number of para-hydroxylation sites is 3. The molecule has 3 fully saturated rings. The molecule has 0 aliphatic heterocycles. The molecule has 9 atom stereocenters. The number of H-pyrrole nitrogens is 3. The maximum absolute atomic E-state index is 11.0. The lowest BCUT2D eigenvalue weighted by Crippen LogP contribution is -2.24. The van der Waals surface area contributed by atoms with Gasteiger partial charge in [-0.1, -0.05) is 69.6 Å². The third-order valence-corrected chi connectivity index (χ3v) is 47.9.